The van der Waals surface area contributed by atoms with Crippen LogP contribution in [0.25, 0.3) is 0 Å². The fraction of sp³-hybridized carbons (Fsp3) is 0.385. The Bertz CT molecular complexity index is 1250. The normalized spacial score (nSPS) is 27.6. The topological polar surface area (TPSA) is 78.0 Å². The molecule has 5 rings (SSSR count). The number of likely N-dealkylation sites (tertiary alicyclic amines) is 2. The third-order valence-electron chi connectivity index (χ3n) is 7.71. The number of hydrogen-bond acceptors (Lipinski definition) is 4. The summed E-state index contributed by atoms with van der Waals surface area (Å²) in [4.78, 5) is 58.5. The van der Waals surface area contributed by atoms with Gasteiger partial charge in [-0.15, -0.1) is 0 Å². The van der Waals surface area contributed by atoms with Crippen molar-refractivity contribution in [1.29, 1.82) is 0 Å². The zero-order valence-corrected chi connectivity index (χ0v) is 19.7. The Balaban J connectivity index is 1.55. The lowest BCUT2D eigenvalue weighted by atomic mass is 9.78. The predicted molar refractivity (Wildman–Crippen MR) is 121 cm³/mol. The van der Waals surface area contributed by atoms with Crippen LogP contribution in [-0.2, 0) is 27.1 Å². The number of alkyl halides is 3. The molecule has 3 fully saturated rings. The molecule has 36 heavy (non-hydrogen) atoms. The van der Waals surface area contributed by atoms with E-state index in [0.29, 0.717) is 0 Å². The van der Waals surface area contributed by atoms with Crippen LogP contribution in [0.2, 0.25) is 0 Å². The highest BCUT2D eigenvalue weighted by atomic mass is 19.4. The molecule has 3 saturated heterocycles. The van der Waals surface area contributed by atoms with Crippen LogP contribution < -0.4 is 0 Å². The van der Waals surface area contributed by atoms with E-state index in [1.54, 1.807) is 38.2 Å². The number of amides is 4. The van der Waals surface area contributed by atoms with Gasteiger partial charge in [0.05, 0.1) is 30.0 Å². The van der Waals surface area contributed by atoms with E-state index < -0.39 is 58.8 Å². The van der Waals surface area contributed by atoms with Gasteiger partial charge in [-0.1, -0.05) is 37.3 Å². The summed E-state index contributed by atoms with van der Waals surface area (Å²) in [5.74, 6) is -4.03. The molecule has 7 nitrogen and oxygen atoms in total. The molecule has 4 amide bonds. The van der Waals surface area contributed by atoms with Crippen molar-refractivity contribution in [2.24, 2.45) is 11.8 Å². The number of imide groups is 1. The van der Waals surface area contributed by atoms with Crippen LogP contribution in [0.4, 0.5) is 13.2 Å². The Hall–Kier alpha value is -3.69. The average molecular weight is 499 g/mol. The van der Waals surface area contributed by atoms with Gasteiger partial charge in [0.1, 0.15) is 5.54 Å². The Morgan fingerprint density at radius 3 is 2.22 bits per heavy atom. The van der Waals surface area contributed by atoms with Gasteiger partial charge in [0.2, 0.25) is 17.7 Å². The number of carbonyl (C=O) groups excluding carboxylic acids is 4. The smallest absolute Gasteiger partial charge is 0.342 e. The fourth-order valence-electron chi connectivity index (χ4n) is 6.11. The average Bonchev–Trinajstić information content (AvgIpc) is 3.25. The van der Waals surface area contributed by atoms with Gasteiger partial charge in [-0.05, 0) is 36.2 Å². The van der Waals surface area contributed by atoms with Crippen LogP contribution in [0.15, 0.2) is 54.6 Å². The van der Waals surface area contributed by atoms with Gasteiger partial charge in [0, 0.05) is 19.2 Å². The molecule has 0 unspecified atom stereocenters. The standard InChI is InChI=1S/C26H24F3N3O4/c1-3-25-20-19(22(34)31(23(20)35)13-15-7-5-4-6-8-15)18(14-30(2)24(25)36)32(25)21(33)16-9-11-17(12-10-16)26(27,28)29/h4-12,18-20H,3,13-14H2,1-2H3/t18-,19+,20-,25-/m1/s1. The SMILES string of the molecule is CC[C@]12C(=O)N(C)C[C@H]([C@@H]3C(=O)N(Cc4ccccc4)C(=O)[C@@H]31)N2C(=O)c1ccc(C(F)(F)F)cc1. The second-order valence-electron chi connectivity index (χ2n) is 9.53. The van der Waals surface area contributed by atoms with E-state index in [1.807, 2.05) is 6.07 Å². The van der Waals surface area contributed by atoms with Crippen LogP contribution >= 0.6 is 0 Å². The van der Waals surface area contributed by atoms with Crippen molar-refractivity contribution in [3.05, 3.63) is 71.3 Å². The molecule has 0 N–H and O–H groups in total. The third kappa shape index (κ3) is 3.26. The number of hydrogen-bond donors (Lipinski definition) is 0. The molecular weight excluding hydrogens is 475 g/mol. The molecule has 3 aliphatic heterocycles. The minimum atomic E-state index is -4.56. The summed E-state index contributed by atoms with van der Waals surface area (Å²) in [5, 5.41) is 0. The maximum Gasteiger partial charge on any atom is 0.416 e. The Morgan fingerprint density at radius 1 is 1.00 bits per heavy atom. The number of fused-ring (bicyclic) bond motifs is 5. The molecule has 0 saturated carbocycles. The van der Waals surface area contributed by atoms with Crippen LogP contribution in [0.3, 0.4) is 0 Å². The van der Waals surface area contributed by atoms with Crippen LogP contribution in [0.5, 0.6) is 0 Å². The second-order valence-corrected chi connectivity index (χ2v) is 9.53. The highest BCUT2D eigenvalue weighted by molar-refractivity contribution is 6.13. The van der Waals surface area contributed by atoms with Gasteiger partial charge in [0.25, 0.3) is 5.91 Å². The van der Waals surface area contributed by atoms with Crippen molar-refractivity contribution >= 4 is 23.6 Å². The minimum absolute atomic E-state index is 0.0378. The lowest BCUT2D eigenvalue weighted by Crippen LogP contribution is -2.68. The molecule has 3 heterocycles. The Labute approximate surface area is 205 Å². The van der Waals surface area contributed by atoms with E-state index in [1.165, 1.54) is 14.7 Å². The molecule has 0 spiro atoms. The molecule has 2 aromatic rings. The molecule has 188 valence electrons. The first-order chi connectivity index (χ1) is 17.0. The van der Waals surface area contributed by atoms with E-state index in [9.17, 15) is 32.3 Å². The maximum absolute atomic E-state index is 13.7. The van der Waals surface area contributed by atoms with E-state index in [2.05, 4.69) is 0 Å². The first kappa shape index (κ1) is 24.0. The predicted octanol–water partition coefficient (Wildman–Crippen LogP) is 2.95. The lowest BCUT2D eigenvalue weighted by Gasteiger charge is -2.48. The molecule has 4 atom stereocenters. The summed E-state index contributed by atoms with van der Waals surface area (Å²) in [5.41, 5.74) is -1.78. The molecule has 2 aromatic carbocycles. The quantitative estimate of drug-likeness (QED) is 0.607. The van der Waals surface area contributed by atoms with Gasteiger partial charge in [-0.3, -0.25) is 24.1 Å². The summed E-state index contributed by atoms with van der Waals surface area (Å²) in [6.07, 6.45) is -4.48. The highest BCUT2D eigenvalue weighted by Crippen LogP contribution is 2.54. The molecule has 0 aliphatic carbocycles. The minimum Gasteiger partial charge on any atom is -0.342 e. The second kappa shape index (κ2) is 8.18. The Kier molecular flexibility index (Phi) is 5.46. The Morgan fingerprint density at radius 2 is 1.64 bits per heavy atom. The van der Waals surface area contributed by atoms with Crippen LogP contribution in [0, 0.1) is 11.8 Å². The van der Waals surface area contributed by atoms with Crippen molar-refractivity contribution in [3.8, 4) is 0 Å². The van der Waals surface area contributed by atoms with Crippen molar-refractivity contribution in [3.63, 3.8) is 0 Å². The highest BCUT2D eigenvalue weighted by Gasteiger charge is 2.74. The van der Waals surface area contributed by atoms with Gasteiger partial charge in [0.15, 0.2) is 0 Å². The fourth-order valence-corrected chi connectivity index (χ4v) is 6.11. The number of benzene rings is 2. The van der Waals surface area contributed by atoms with Crippen LogP contribution in [0.1, 0.15) is 34.8 Å². The molecule has 0 radical (unpaired) electrons. The zero-order chi connectivity index (χ0) is 26.0. The first-order valence-electron chi connectivity index (χ1n) is 11.7. The largest absolute Gasteiger partial charge is 0.416 e. The molecule has 0 aromatic heterocycles. The van der Waals surface area contributed by atoms with Gasteiger partial charge in [-0.2, -0.15) is 13.2 Å². The summed E-state index contributed by atoms with van der Waals surface area (Å²) in [7, 11) is 1.57. The molecular formula is C26H24F3N3O4. The number of nitrogens with zero attached hydrogens (tertiary/aromatic N) is 3. The summed E-state index contributed by atoms with van der Waals surface area (Å²) in [6, 6.07) is 12.0. The maximum atomic E-state index is 13.7. The molecule has 3 aliphatic rings. The number of halogens is 3. The van der Waals surface area contributed by atoms with E-state index in [4.69, 9.17) is 0 Å². The van der Waals surface area contributed by atoms with Gasteiger partial charge in [-0.25, -0.2) is 0 Å². The molecule has 2 bridgehead atoms. The monoisotopic (exact) mass is 499 g/mol. The number of rotatable bonds is 4. The summed E-state index contributed by atoms with van der Waals surface area (Å²) < 4.78 is 39.1. The third-order valence-corrected chi connectivity index (χ3v) is 7.71. The van der Waals surface area contributed by atoms with Crippen molar-refractivity contribution in [1.82, 2.24) is 14.7 Å². The summed E-state index contributed by atoms with van der Waals surface area (Å²) >= 11 is 0. The number of piperazine rings is 1. The van der Waals surface area contributed by atoms with E-state index in [-0.39, 0.29) is 25.1 Å². The van der Waals surface area contributed by atoms with Crippen molar-refractivity contribution in [2.45, 2.75) is 37.6 Å². The number of likely N-dealkylation sites (N-methyl/N-ethyl adjacent to an activating group) is 1. The van der Waals surface area contributed by atoms with Crippen LogP contribution in [-0.4, -0.2) is 63.5 Å². The summed E-state index contributed by atoms with van der Waals surface area (Å²) in [6.45, 7) is 1.79. The van der Waals surface area contributed by atoms with Gasteiger partial charge < -0.3 is 9.80 Å². The van der Waals surface area contributed by atoms with E-state index >= 15 is 0 Å². The number of carbonyl (C=O) groups is 4. The zero-order valence-electron chi connectivity index (χ0n) is 19.7. The molecule has 10 heteroatoms. The lowest BCUT2D eigenvalue weighted by molar-refractivity contribution is -0.155. The first-order valence-corrected chi connectivity index (χ1v) is 11.7. The van der Waals surface area contributed by atoms with E-state index in [0.717, 1.165) is 29.8 Å². The van der Waals surface area contributed by atoms with Crippen molar-refractivity contribution < 1.29 is 32.3 Å². The van der Waals surface area contributed by atoms with Gasteiger partial charge >= 0.3 is 6.18 Å². The van der Waals surface area contributed by atoms with Crippen molar-refractivity contribution in [2.75, 3.05) is 13.6 Å².